The molecule has 11 heavy (non-hydrogen) atoms. The average molecular weight is 175 g/mol. The van der Waals surface area contributed by atoms with Gasteiger partial charge in [0, 0.05) is 20.6 Å². The third-order valence-corrected chi connectivity index (χ3v) is 9.45. The van der Waals surface area contributed by atoms with Gasteiger partial charge in [0.05, 0.1) is 10.8 Å². The van der Waals surface area contributed by atoms with Gasteiger partial charge in [-0.3, -0.25) is 0 Å². The molecular formula is C10H24P+. The van der Waals surface area contributed by atoms with E-state index in [1.54, 1.807) is 0 Å². The minimum atomic E-state index is -0.717. The van der Waals surface area contributed by atoms with Crippen LogP contribution in [0.15, 0.2) is 0 Å². The highest BCUT2D eigenvalue weighted by Gasteiger charge is 2.43. The Morgan fingerprint density at radius 2 is 1.55 bits per heavy atom. The van der Waals surface area contributed by atoms with Crippen molar-refractivity contribution < 1.29 is 0 Å². The molecule has 1 unspecified atom stereocenters. The van der Waals surface area contributed by atoms with E-state index < -0.39 is 7.26 Å². The molecule has 0 spiro atoms. The lowest BCUT2D eigenvalue weighted by Gasteiger charge is -2.36. The van der Waals surface area contributed by atoms with Crippen LogP contribution in [0.2, 0.25) is 0 Å². The molecule has 0 bridgehead atoms. The molecular weight excluding hydrogens is 151 g/mol. The summed E-state index contributed by atoms with van der Waals surface area (Å²) in [6.07, 6.45) is 1.33. The molecule has 0 aromatic rings. The zero-order chi connectivity index (χ0) is 9.28. The predicted octanol–water partition coefficient (Wildman–Crippen LogP) is 3.86. The van der Waals surface area contributed by atoms with Crippen LogP contribution < -0.4 is 0 Å². The van der Waals surface area contributed by atoms with Crippen molar-refractivity contribution in [2.24, 2.45) is 0 Å². The maximum absolute atomic E-state index is 2.49. The quantitative estimate of drug-likeness (QED) is 0.559. The second-order valence-electron chi connectivity index (χ2n) is 4.97. The summed E-state index contributed by atoms with van der Waals surface area (Å²) in [5.41, 5.74) is 0.919. The molecule has 0 radical (unpaired) electrons. The van der Waals surface area contributed by atoms with Crippen LogP contribution in [0.5, 0.6) is 0 Å². The van der Waals surface area contributed by atoms with Crippen LogP contribution in [0.3, 0.4) is 0 Å². The molecule has 68 valence electrons. The van der Waals surface area contributed by atoms with Crippen molar-refractivity contribution in [2.75, 3.05) is 13.3 Å². The molecule has 0 amide bonds. The summed E-state index contributed by atoms with van der Waals surface area (Å²) < 4.78 is 0. The maximum Gasteiger partial charge on any atom is 0.0712 e. The predicted molar refractivity (Wildman–Crippen MR) is 58.3 cm³/mol. The standard InChI is InChI=1S/C10H24P/c1-8-9(2)11(6,7)10(3,4)5/h9H,8H2,1-7H3/q+1. The van der Waals surface area contributed by atoms with Crippen molar-refractivity contribution in [3.63, 3.8) is 0 Å². The van der Waals surface area contributed by atoms with Crippen molar-refractivity contribution in [1.82, 2.24) is 0 Å². The van der Waals surface area contributed by atoms with Crippen molar-refractivity contribution in [2.45, 2.75) is 51.9 Å². The maximum atomic E-state index is 2.49. The minimum Gasteiger partial charge on any atom is -0.0617 e. The lowest BCUT2D eigenvalue weighted by Crippen LogP contribution is -2.25. The summed E-state index contributed by atoms with van der Waals surface area (Å²) >= 11 is 0. The first kappa shape index (κ1) is 11.4. The fourth-order valence-electron chi connectivity index (χ4n) is 1.12. The van der Waals surface area contributed by atoms with Gasteiger partial charge in [0.1, 0.15) is 0 Å². The summed E-state index contributed by atoms with van der Waals surface area (Å²) in [5, 5.41) is 0.530. The Bertz CT molecular complexity index is 119. The van der Waals surface area contributed by atoms with Gasteiger partial charge in [-0.1, -0.05) is 6.92 Å². The monoisotopic (exact) mass is 175 g/mol. The fourth-order valence-corrected chi connectivity index (χ4v) is 3.35. The van der Waals surface area contributed by atoms with Crippen LogP contribution in [0.4, 0.5) is 0 Å². The van der Waals surface area contributed by atoms with Crippen LogP contribution in [0.1, 0.15) is 41.0 Å². The van der Waals surface area contributed by atoms with Crippen molar-refractivity contribution in [3.8, 4) is 0 Å². The molecule has 1 atom stereocenters. The summed E-state index contributed by atoms with van der Waals surface area (Å²) in [7, 11) is -0.717. The molecule has 0 fully saturated rings. The number of rotatable bonds is 2. The molecule has 0 saturated heterocycles. The molecule has 0 saturated carbocycles. The fraction of sp³-hybridized carbons (Fsp3) is 1.00. The van der Waals surface area contributed by atoms with Gasteiger partial charge in [-0.2, -0.15) is 0 Å². The third-order valence-electron chi connectivity index (χ3n) is 3.42. The van der Waals surface area contributed by atoms with Gasteiger partial charge in [0.2, 0.25) is 0 Å². The molecule has 1 heteroatoms. The van der Waals surface area contributed by atoms with E-state index in [1.165, 1.54) is 6.42 Å². The minimum absolute atomic E-state index is 0.530. The highest BCUT2D eigenvalue weighted by molar-refractivity contribution is 7.76. The van der Waals surface area contributed by atoms with Crippen LogP contribution in [0.25, 0.3) is 0 Å². The molecule has 0 aliphatic heterocycles. The van der Waals surface area contributed by atoms with E-state index >= 15 is 0 Å². The summed E-state index contributed by atoms with van der Waals surface area (Å²) in [4.78, 5) is 0. The first-order valence-electron chi connectivity index (χ1n) is 4.57. The topological polar surface area (TPSA) is 0 Å². The van der Waals surface area contributed by atoms with E-state index in [-0.39, 0.29) is 0 Å². The van der Waals surface area contributed by atoms with E-state index in [0.717, 1.165) is 5.66 Å². The van der Waals surface area contributed by atoms with E-state index in [2.05, 4.69) is 47.9 Å². The van der Waals surface area contributed by atoms with Gasteiger partial charge >= 0.3 is 0 Å². The second-order valence-corrected chi connectivity index (χ2v) is 10.3. The van der Waals surface area contributed by atoms with Gasteiger partial charge in [-0.25, -0.2) is 0 Å². The van der Waals surface area contributed by atoms with Gasteiger partial charge in [0.25, 0.3) is 0 Å². The highest BCUT2D eigenvalue weighted by atomic mass is 31.2. The SMILES string of the molecule is CCC(C)[P+](C)(C)C(C)(C)C. The van der Waals surface area contributed by atoms with Gasteiger partial charge in [-0.05, 0) is 34.1 Å². The largest absolute Gasteiger partial charge is 0.0712 e. The van der Waals surface area contributed by atoms with Crippen LogP contribution >= 0.6 is 7.26 Å². The third kappa shape index (κ3) is 2.44. The molecule has 0 nitrogen and oxygen atoms in total. The Kier molecular flexibility index (Phi) is 3.57. The van der Waals surface area contributed by atoms with E-state index in [1.807, 2.05) is 0 Å². The number of hydrogen-bond donors (Lipinski definition) is 0. The molecule has 0 aliphatic carbocycles. The zero-order valence-electron chi connectivity index (χ0n) is 9.23. The van der Waals surface area contributed by atoms with Crippen LogP contribution in [0, 0.1) is 0 Å². The first-order chi connectivity index (χ1) is 4.73. The molecule has 0 aromatic heterocycles. The smallest absolute Gasteiger partial charge is 0.0617 e. The molecule has 0 aliphatic rings. The average Bonchev–Trinajstić information content (AvgIpc) is 1.83. The Morgan fingerprint density at radius 1 is 1.18 bits per heavy atom. The zero-order valence-corrected chi connectivity index (χ0v) is 10.1. The van der Waals surface area contributed by atoms with E-state index in [9.17, 15) is 0 Å². The molecule has 0 heterocycles. The summed E-state index contributed by atoms with van der Waals surface area (Å²) in [6, 6.07) is 0. The van der Waals surface area contributed by atoms with Crippen molar-refractivity contribution >= 4 is 7.26 Å². The Hall–Kier alpha value is 0.430. The van der Waals surface area contributed by atoms with Crippen molar-refractivity contribution in [1.29, 1.82) is 0 Å². The normalized spacial score (nSPS) is 16.6. The van der Waals surface area contributed by atoms with E-state index in [0.29, 0.717) is 5.16 Å². The van der Waals surface area contributed by atoms with Gasteiger partial charge < -0.3 is 0 Å². The van der Waals surface area contributed by atoms with Gasteiger partial charge in [0.15, 0.2) is 0 Å². The van der Waals surface area contributed by atoms with E-state index in [4.69, 9.17) is 0 Å². The van der Waals surface area contributed by atoms with Crippen LogP contribution in [-0.4, -0.2) is 24.1 Å². The summed E-state index contributed by atoms with van der Waals surface area (Å²) in [5.74, 6) is 0. The Morgan fingerprint density at radius 3 is 1.64 bits per heavy atom. The van der Waals surface area contributed by atoms with Crippen LogP contribution in [-0.2, 0) is 0 Å². The number of hydrogen-bond acceptors (Lipinski definition) is 0. The lowest BCUT2D eigenvalue weighted by molar-refractivity contribution is 0.742. The molecule has 0 N–H and O–H groups in total. The summed E-state index contributed by atoms with van der Waals surface area (Å²) in [6.45, 7) is 16.8. The van der Waals surface area contributed by atoms with Crippen molar-refractivity contribution in [3.05, 3.63) is 0 Å². The lowest BCUT2D eigenvalue weighted by atomic mass is 10.2. The Balaban J connectivity index is 4.45. The Labute approximate surface area is 73.1 Å². The van der Waals surface area contributed by atoms with Gasteiger partial charge in [-0.15, -0.1) is 0 Å². The second kappa shape index (κ2) is 3.44. The molecule has 0 aromatic carbocycles. The molecule has 0 rings (SSSR count). The highest BCUT2D eigenvalue weighted by Crippen LogP contribution is 2.66. The first-order valence-corrected chi connectivity index (χ1v) is 7.32.